The highest BCUT2D eigenvalue weighted by Crippen LogP contribution is 2.34. The third kappa shape index (κ3) is 6.09. The van der Waals surface area contributed by atoms with Crippen LogP contribution in [0.2, 0.25) is 0 Å². The lowest BCUT2D eigenvalue weighted by Crippen LogP contribution is -2.37. The van der Waals surface area contributed by atoms with Gasteiger partial charge >= 0.3 is 0 Å². The van der Waals surface area contributed by atoms with Gasteiger partial charge < -0.3 is 9.64 Å². The molecule has 1 aromatic heterocycles. The minimum Gasteiger partial charge on any atom is -0.494 e. The number of para-hydroxylation sites is 1. The van der Waals surface area contributed by atoms with Gasteiger partial charge in [-0.1, -0.05) is 35.1 Å². The van der Waals surface area contributed by atoms with Crippen molar-refractivity contribution in [2.75, 3.05) is 44.9 Å². The summed E-state index contributed by atoms with van der Waals surface area (Å²) < 4.78 is 6.44. The van der Waals surface area contributed by atoms with Crippen LogP contribution in [0.15, 0.2) is 47.4 Å². The summed E-state index contributed by atoms with van der Waals surface area (Å²) >= 11 is 3.08. The number of ether oxygens (including phenoxy) is 1. The maximum atomic E-state index is 13.0. The first-order chi connectivity index (χ1) is 13.5. The van der Waals surface area contributed by atoms with Crippen LogP contribution in [0.5, 0.6) is 5.75 Å². The lowest BCUT2D eigenvalue weighted by molar-refractivity contribution is -0.116. The molecule has 8 heteroatoms. The van der Waals surface area contributed by atoms with Crippen molar-refractivity contribution in [3.05, 3.63) is 48.0 Å². The largest absolute Gasteiger partial charge is 0.494 e. The van der Waals surface area contributed by atoms with Gasteiger partial charge in [-0.15, -0.1) is 24.2 Å². The van der Waals surface area contributed by atoms with Crippen LogP contribution >= 0.6 is 35.5 Å². The molecule has 5 nitrogen and oxygen atoms in total. The van der Waals surface area contributed by atoms with E-state index in [9.17, 15) is 4.79 Å². The number of fused-ring (bicyclic) bond motifs is 1. The third-order valence-electron chi connectivity index (χ3n) is 4.28. The van der Waals surface area contributed by atoms with E-state index in [4.69, 9.17) is 9.72 Å². The second kappa shape index (κ2) is 10.8. The van der Waals surface area contributed by atoms with E-state index in [0.717, 1.165) is 32.5 Å². The first-order valence-corrected chi connectivity index (χ1v) is 10.9. The maximum absolute atomic E-state index is 13.0. The summed E-state index contributed by atoms with van der Waals surface area (Å²) in [6.07, 6.45) is 0. The van der Waals surface area contributed by atoms with Crippen molar-refractivity contribution in [1.29, 1.82) is 0 Å². The zero-order valence-corrected chi connectivity index (χ0v) is 19.5. The third-order valence-corrected chi connectivity index (χ3v) is 6.32. The molecule has 0 N–H and O–H groups in total. The Labute approximate surface area is 186 Å². The summed E-state index contributed by atoms with van der Waals surface area (Å²) in [5, 5.41) is 0.718. The second-order valence-corrected chi connectivity index (χ2v) is 8.81. The number of thiazole rings is 1. The number of aryl methyl sites for hydroxylation is 1. The molecule has 3 rings (SSSR count). The van der Waals surface area contributed by atoms with Crippen molar-refractivity contribution in [1.82, 2.24) is 9.88 Å². The second-order valence-electron chi connectivity index (χ2n) is 6.75. The Hall–Kier alpha value is -1.80. The van der Waals surface area contributed by atoms with E-state index in [-0.39, 0.29) is 18.3 Å². The van der Waals surface area contributed by atoms with Gasteiger partial charge in [0.05, 0.1) is 17.6 Å². The Bertz CT molecular complexity index is 945. The molecule has 0 bridgehead atoms. The zero-order chi connectivity index (χ0) is 20.1. The number of likely N-dealkylation sites (N-methyl/N-ethyl adjacent to an activating group) is 1. The van der Waals surface area contributed by atoms with E-state index in [0.29, 0.717) is 12.3 Å². The topological polar surface area (TPSA) is 45.7 Å². The molecule has 0 unspecified atom stereocenters. The lowest BCUT2D eigenvalue weighted by Gasteiger charge is -2.21. The highest BCUT2D eigenvalue weighted by atomic mass is 35.5. The molecule has 0 saturated heterocycles. The van der Waals surface area contributed by atoms with Crippen molar-refractivity contribution in [3.8, 4) is 5.75 Å². The van der Waals surface area contributed by atoms with Crippen molar-refractivity contribution in [2.24, 2.45) is 0 Å². The van der Waals surface area contributed by atoms with E-state index >= 15 is 0 Å². The molecule has 3 aromatic rings. The van der Waals surface area contributed by atoms with Gasteiger partial charge in [-0.2, -0.15) is 0 Å². The van der Waals surface area contributed by atoms with E-state index < -0.39 is 0 Å². The van der Waals surface area contributed by atoms with E-state index in [2.05, 4.69) is 36.1 Å². The van der Waals surface area contributed by atoms with Gasteiger partial charge in [0.2, 0.25) is 5.91 Å². The number of thioether (sulfide) groups is 1. The number of carbonyl (C=O) groups excluding carboxylic acids is 1. The normalized spacial score (nSPS) is 10.8. The molecule has 0 radical (unpaired) electrons. The van der Waals surface area contributed by atoms with Crippen molar-refractivity contribution in [3.63, 3.8) is 0 Å². The van der Waals surface area contributed by atoms with Crippen LogP contribution in [0.3, 0.4) is 0 Å². The molecule has 0 saturated carbocycles. The average molecular weight is 452 g/mol. The summed E-state index contributed by atoms with van der Waals surface area (Å²) in [6.45, 7) is 3.43. The van der Waals surface area contributed by atoms with Crippen LogP contribution < -0.4 is 9.64 Å². The standard InChI is InChI=1S/C21H25N3O2S2.ClH/c1-15-8-10-16(11-9-15)27-14-19(25)24(13-12-23(2)3)21-22-20-17(26-4)6-5-7-18(20)28-21;/h5-11H,12-14H2,1-4H3;1H. The van der Waals surface area contributed by atoms with E-state index in [1.807, 2.05) is 32.3 Å². The Balaban J connectivity index is 0.00000300. The van der Waals surface area contributed by atoms with Crippen LogP contribution in [0, 0.1) is 6.92 Å². The molecule has 0 aliphatic heterocycles. The number of halogens is 1. The monoisotopic (exact) mass is 451 g/mol. The van der Waals surface area contributed by atoms with Crippen LogP contribution in [0.25, 0.3) is 10.2 Å². The van der Waals surface area contributed by atoms with Crippen LogP contribution in [-0.4, -0.2) is 55.8 Å². The number of hydrogen-bond donors (Lipinski definition) is 0. The molecule has 1 heterocycles. The molecule has 0 aliphatic carbocycles. The van der Waals surface area contributed by atoms with Gasteiger partial charge in [-0.05, 0) is 45.3 Å². The number of benzene rings is 2. The van der Waals surface area contributed by atoms with E-state index in [1.54, 1.807) is 23.8 Å². The summed E-state index contributed by atoms with van der Waals surface area (Å²) in [5.41, 5.74) is 2.02. The molecule has 1 amide bonds. The zero-order valence-electron chi connectivity index (χ0n) is 17.0. The first kappa shape index (κ1) is 23.5. The highest BCUT2D eigenvalue weighted by Gasteiger charge is 2.21. The number of aromatic nitrogens is 1. The molecule has 156 valence electrons. The molecular weight excluding hydrogens is 426 g/mol. The molecule has 29 heavy (non-hydrogen) atoms. The first-order valence-electron chi connectivity index (χ1n) is 9.06. The predicted molar refractivity (Wildman–Crippen MR) is 126 cm³/mol. The maximum Gasteiger partial charge on any atom is 0.239 e. The molecule has 2 aromatic carbocycles. The predicted octanol–water partition coefficient (Wildman–Crippen LogP) is 4.72. The molecular formula is C21H26ClN3O2S2. The number of anilines is 1. The number of amides is 1. The number of hydrogen-bond acceptors (Lipinski definition) is 6. The average Bonchev–Trinajstić information content (AvgIpc) is 3.11. The van der Waals surface area contributed by atoms with Gasteiger partial charge in [0, 0.05) is 18.0 Å². The van der Waals surface area contributed by atoms with Gasteiger partial charge in [0.1, 0.15) is 11.3 Å². The van der Waals surface area contributed by atoms with E-state index in [1.165, 1.54) is 16.9 Å². The SMILES string of the molecule is COc1cccc2sc(N(CCN(C)C)C(=O)CSc3ccc(C)cc3)nc12.Cl. The summed E-state index contributed by atoms with van der Waals surface area (Å²) in [7, 11) is 5.65. The smallest absolute Gasteiger partial charge is 0.239 e. The number of methoxy groups -OCH3 is 1. The molecule has 0 atom stereocenters. The Morgan fingerprint density at radius 1 is 1.14 bits per heavy atom. The van der Waals surface area contributed by atoms with Crippen molar-refractivity contribution >= 4 is 56.8 Å². The van der Waals surface area contributed by atoms with Gasteiger partial charge in [-0.3, -0.25) is 9.69 Å². The summed E-state index contributed by atoms with van der Waals surface area (Å²) in [5.74, 6) is 1.17. The molecule has 0 fully saturated rings. The minimum atomic E-state index is 0. The van der Waals surface area contributed by atoms with Crippen molar-refractivity contribution < 1.29 is 9.53 Å². The summed E-state index contributed by atoms with van der Waals surface area (Å²) in [4.78, 5) is 22.7. The fraction of sp³-hybridized carbons (Fsp3) is 0.333. The Morgan fingerprint density at radius 3 is 2.52 bits per heavy atom. The minimum absolute atomic E-state index is 0. The van der Waals surface area contributed by atoms with Crippen LogP contribution in [0.4, 0.5) is 5.13 Å². The quantitative estimate of drug-likeness (QED) is 0.463. The fourth-order valence-electron chi connectivity index (χ4n) is 2.68. The lowest BCUT2D eigenvalue weighted by atomic mass is 10.2. The fourth-order valence-corrected chi connectivity index (χ4v) is 4.48. The summed E-state index contributed by atoms with van der Waals surface area (Å²) in [6, 6.07) is 14.1. The number of nitrogens with zero attached hydrogens (tertiary/aromatic N) is 3. The van der Waals surface area contributed by atoms with Gasteiger partial charge in [-0.25, -0.2) is 4.98 Å². The van der Waals surface area contributed by atoms with Gasteiger partial charge in [0.25, 0.3) is 0 Å². The Kier molecular flexibility index (Phi) is 8.77. The number of carbonyl (C=O) groups is 1. The number of rotatable bonds is 8. The molecule has 0 aliphatic rings. The molecule has 0 spiro atoms. The highest BCUT2D eigenvalue weighted by molar-refractivity contribution is 8.00. The van der Waals surface area contributed by atoms with Gasteiger partial charge in [0.15, 0.2) is 5.13 Å². The van der Waals surface area contributed by atoms with Crippen LogP contribution in [0.1, 0.15) is 5.56 Å². The van der Waals surface area contributed by atoms with Crippen molar-refractivity contribution in [2.45, 2.75) is 11.8 Å². The van der Waals surface area contributed by atoms with Crippen LogP contribution in [-0.2, 0) is 4.79 Å². The Morgan fingerprint density at radius 2 is 1.86 bits per heavy atom.